The Balaban J connectivity index is 0.686. The van der Waals surface area contributed by atoms with Gasteiger partial charge in [-0.15, -0.1) is 0 Å². The van der Waals surface area contributed by atoms with Crippen LogP contribution in [0.2, 0.25) is 0 Å². The number of unbranched alkanes of at least 4 members (excludes halogenated alkanes) is 8. The number of anilines is 3. The van der Waals surface area contributed by atoms with Gasteiger partial charge in [0, 0.05) is 76.8 Å². The average Bonchev–Trinajstić information content (AvgIpc) is 1.51. The number of rotatable bonds is 18. The van der Waals surface area contributed by atoms with Crippen molar-refractivity contribution in [3.63, 3.8) is 0 Å². The Hall–Kier alpha value is -10.7. The van der Waals surface area contributed by atoms with Crippen molar-refractivity contribution in [3.05, 3.63) is 304 Å². The van der Waals surface area contributed by atoms with Gasteiger partial charge in [-0.25, -0.2) is 0 Å². The van der Waals surface area contributed by atoms with Gasteiger partial charge in [-0.2, -0.15) is 0 Å². The summed E-state index contributed by atoms with van der Waals surface area (Å²) in [6.45, 7) is 24.3. The molecule has 0 aliphatic heterocycles. The highest BCUT2D eigenvalue weighted by molar-refractivity contribution is 6.22. The molecule has 0 N–H and O–H groups in total. The van der Waals surface area contributed by atoms with Crippen molar-refractivity contribution >= 4 is 60.9 Å². The predicted octanol–water partition coefficient (Wildman–Crippen LogP) is 30.2. The second-order valence-corrected chi connectivity index (χ2v) is 34.4. The molecule has 0 unspecified atom stereocenters. The molecular formula is C105H95NO2. The zero-order chi connectivity index (χ0) is 73.3. The molecule has 108 heavy (non-hydrogen) atoms. The van der Waals surface area contributed by atoms with E-state index in [2.05, 4.69) is 323 Å². The topological polar surface area (TPSA) is 29.5 Å². The standard InChI is InChI=1S/C105H95NO2/c1-11-13-15-17-30-56-105(57-31-18-16-14-12-2)83-39-27-22-34-72(83)75-52-45-67(59-88(75)105)66-44-51-73-74-53-46-68(60-85(74)101(3,4)84(73)58-66)81-63-89-92(94-79-36-24-28-40-90(79)107-99(81)94)77-54-49-70(61-86(77)102(89,5)6)106(69-47-42-65(43-48-69)64-32-20-19-21-33-64)71-50-55-78-87(62-71)104(9,10)98-96(78)100-95(80-37-25-29-41-91(80)108-100)93-76-35-23-26-38-82(76)103(7,8)97(93)98/h19-29,32-55,58-63H,11-18,30-31,56-57H2,1-10H3. The molecule has 3 nitrogen and oxygen atoms in total. The van der Waals surface area contributed by atoms with E-state index in [0.29, 0.717) is 0 Å². The van der Waals surface area contributed by atoms with Gasteiger partial charge in [0.25, 0.3) is 0 Å². The molecule has 0 spiro atoms. The number of para-hydroxylation sites is 2. The van der Waals surface area contributed by atoms with Gasteiger partial charge in [0.1, 0.15) is 22.3 Å². The van der Waals surface area contributed by atoms with Gasteiger partial charge < -0.3 is 13.7 Å². The summed E-state index contributed by atoms with van der Waals surface area (Å²) in [4.78, 5) is 2.51. The van der Waals surface area contributed by atoms with Crippen LogP contribution >= 0.6 is 0 Å². The van der Waals surface area contributed by atoms with E-state index in [4.69, 9.17) is 8.83 Å². The van der Waals surface area contributed by atoms with Crippen LogP contribution in [0, 0.1) is 0 Å². The van der Waals surface area contributed by atoms with Crippen LogP contribution in [0.3, 0.4) is 0 Å². The largest absolute Gasteiger partial charge is 0.455 e. The van der Waals surface area contributed by atoms with Crippen LogP contribution in [0.5, 0.6) is 0 Å². The van der Waals surface area contributed by atoms with E-state index in [1.807, 2.05) is 0 Å². The van der Waals surface area contributed by atoms with Crippen molar-refractivity contribution in [1.82, 2.24) is 0 Å². The Labute approximate surface area is 637 Å². The summed E-state index contributed by atoms with van der Waals surface area (Å²) >= 11 is 0. The molecule has 0 radical (unpaired) electrons. The number of nitrogens with zero attached hydrogens (tertiary/aromatic N) is 1. The van der Waals surface area contributed by atoms with Crippen LogP contribution < -0.4 is 4.90 Å². The van der Waals surface area contributed by atoms with Crippen molar-refractivity contribution in [2.45, 2.75) is 173 Å². The zero-order valence-corrected chi connectivity index (χ0v) is 64.4. The van der Waals surface area contributed by atoms with Gasteiger partial charge in [0.2, 0.25) is 0 Å². The summed E-state index contributed by atoms with van der Waals surface area (Å²) in [5.74, 6) is 0. The fourth-order valence-electron chi connectivity index (χ4n) is 21.4. The molecule has 20 rings (SSSR count). The van der Waals surface area contributed by atoms with Crippen LogP contribution in [-0.2, 0) is 27.1 Å². The molecule has 532 valence electrons. The Morgan fingerprint density at radius 1 is 0.269 bits per heavy atom. The van der Waals surface area contributed by atoms with Crippen molar-refractivity contribution in [2.24, 2.45) is 0 Å². The number of fused-ring (bicyclic) bond motifs is 25. The van der Waals surface area contributed by atoms with E-state index in [1.54, 1.807) is 11.1 Å². The molecule has 15 aromatic rings. The summed E-state index contributed by atoms with van der Waals surface area (Å²) in [6, 6.07) is 95.3. The molecule has 0 atom stereocenters. The maximum absolute atomic E-state index is 7.26. The highest BCUT2D eigenvalue weighted by atomic mass is 16.3. The fourth-order valence-corrected chi connectivity index (χ4v) is 21.4. The van der Waals surface area contributed by atoms with E-state index in [-0.39, 0.29) is 21.7 Å². The monoisotopic (exact) mass is 1400 g/mol. The van der Waals surface area contributed by atoms with Gasteiger partial charge in [-0.05, 0) is 219 Å². The highest BCUT2D eigenvalue weighted by Gasteiger charge is 2.50. The molecule has 2 aromatic heterocycles. The molecule has 0 amide bonds. The molecule has 0 fully saturated rings. The molecule has 13 aromatic carbocycles. The Bertz CT molecular complexity index is 6200. The molecule has 3 heteroatoms. The Morgan fingerprint density at radius 3 is 1.32 bits per heavy atom. The summed E-state index contributed by atoms with van der Waals surface area (Å²) < 4.78 is 14.4. The summed E-state index contributed by atoms with van der Waals surface area (Å²) in [5, 5.41) is 4.72. The first-order chi connectivity index (χ1) is 52.5. The second-order valence-electron chi connectivity index (χ2n) is 34.4. The average molecular weight is 1400 g/mol. The van der Waals surface area contributed by atoms with E-state index in [0.717, 1.165) is 50.3 Å². The van der Waals surface area contributed by atoms with E-state index < -0.39 is 5.41 Å². The van der Waals surface area contributed by atoms with Gasteiger partial charge in [0.05, 0.1) is 0 Å². The summed E-state index contributed by atoms with van der Waals surface area (Å²) in [6.07, 6.45) is 15.4. The normalized spacial score (nSPS) is 15.6. The number of hydrogen-bond acceptors (Lipinski definition) is 3. The smallest absolute Gasteiger partial charge is 0.144 e. The second kappa shape index (κ2) is 24.6. The lowest BCUT2D eigenvalue weighted by atomic mass is 9.70. The molecule has 5 aliphatic rings. The minimum Gasteiger partial charge on any atom is -0.455 e. The maximum atomic E-state index is 7.26. The lowest BCUT2D eigenvalue weighted by molar-refractivity contribution is 0.399. The zero-order valence-electron chi connectivity index (χ0n) is 64.4. The van der Waals surface area contributed by atoms with E-state index in [9.17, 15) is 0 Å². The highest BCUT2D eigenvalue weighted by Crippen LogP contribution is 2.65. The first-order valence-corrected chi connectivity index (χ1v) is 40.4. The summed E-state index contributed by atoms with van der Waals surface area (Å²) in [7, 11) is 0. The molecule has 0 saturated heterocycles. The first kappa shape index (κ1) is 66.7. The molecule has 0 saturated carbocycles. The third kappa shape index (κ3) is 9.64. The van der Waals surface area contributed by atoms with E-state index >= 15 is 0 Å². The number of benzene rings is 13. The van der Waals surface area contributed by atoms with Gasteiger partial charge >= 0.3 is 0 Å². The third-order valence-electron chi connectivity index (χ3n) is 26.9. The first-order valence-electron chi connectivity index (χ1n) is 40.4. The molecular weight excluding hydrogens is 1310 g/mol. The van der Waals surface area contributed by atoms with E-state index in [1.165, 1.54) is 221 Å². The van der Waals surface area contributed by atoms with Gasteiger partial charge in [-0.3, -0.25) is 0 Å². The lowest BCUT2D eigenvalue weighted by Gasteiger charge is -2.33. The number of hydrogen-bond donors (Lipinski definition) is 0. The minimum absolute atomic E-state index is 0.0282. The molecule has 0 bridgehead atoms. The Morgan fingerprint density at radius 2 is 0.685 bits per heavy atom. The molecule has 5 aliphatic carbocycles. The van der Waals surface area contributed by atoms with Gasteiger partial charge in [0.15, 0.2) is 0 Å². The Kier molecular flexibility index (Phi) is 15.2. The van der Waals surface area contributed by atoms with Crippen LogP contribution in [0.15, 0.2) is 258 Å². The predicted molar refractivity (Wildman–Crippen MR) is 455 cm³/mol. The fraction of sp³-hybridized carbons (Fsp3) is 0.257. The third-order valence-corrected chi connectivity index (χ3v) is 26.9. The van der Waals surface area contributed by atoms with Crippen molar-refractivity contribution in [2.75, 3.05) is 4.90 Å². The van der Waals surface area contributed by atoms with Crippen LogP contribution in [0.25, 0.3) is 133 Å². The van der Waals surface area contributed by atoms with Crippen molar-refractivity contribution < 1.29 is 8.83 Å². The maximum Gasteiger partial charge on any atom is 0.144 e. The SMILES string of the molecule is CCCCCCCC1(CCCCCCC)c2ccccc2-c2ccc(-c3ccc4c(c3)C(C)(C)c3cc(-c5cc6c(c7c5oc5ccccc57)-c5ccc(N(c7ccc(-c8ccccc8)cc7)c7ccc8c(c7)C(C)(C)c7c9c(c%10c(oc%11ccccc%11%10)c7-8)-c7ccccc7C9(C)C)cc5C6(C)C)ccc3-4)cc21. The van der Waals surface area contributed by atoms with Crippen molar-refractivity contribution in [1.29, 1.82) is 0 Å². The van der Waals surface area contributed by atoms with Crippen LogP contribution in [0.4, 0.5) is 17.1 Å². The quantitative estimate of drug-likeness (QED) is 0.0802. The molecule has 2 heterocycles. The van der Waals surface area contributed by atoms with Crippen LogP contribution in [-0.4, -0.2) is 0 Å². The minimum atomic E-state index is -0.402. The van der Waals surface area contributed by atoms with Crippen LogP contribution in [0.1, 0.15) is 202 Å². The lowest BCUT2D eigenvalue weighted by Crippen LogP contribution is -2.25. The van der Waals surface area contributed by atoms with Crippen molar-refractivity contribution in [3.8, 4) is 89.0 Å². The summed E-state index contributed by atoms with van der Waals surface area (Å²) in [5.41, 5.74) is 40.3. The van der Waals surface area contributed by atoms with Gasteiger partial charge in [-0.1, -0.05) is 309 Å². The number of furan rings is 2.